The van der Waals surface area contributed by atoms with Gasteiger partial charge in [0.25, 0.3) is 0 Å². The van der Waals surface area contributed by atoms with Gasteiger partial charge in [-0.1, -0.05) is 33.6 Å². The van der Waals surface area contributed by atoms with Gasteiger partial charge in [-0.2, -0.15) is 0 Å². The third kappa shape index (κ3) is 3.03. The molecule has 2 rings (SSSR count). The number of carboxylic acids is 1. The van der Waals surface area contributed by atoms with Crippen molar-refractivity contribution in [1.29, 1.82) is 0 Å². The van der Waals surface area contributed by atoms with Gasteiger partial charge in [-0.25, -0.2) is 4.79 Å². The number of benzene rings is 1. The molecule has 2 atom stereocenters. The van der Waals surface area contributed by atoms with Crippen LogP contribution in [0.1, 0.15) is 17.5 Å². The number of rotatable bonds is 3. The molecule has 1 aromatic carbocycles. The lowest BCUT2D eigenvalue weighted by Crippen LogP contribution is -2.59. The minimum Gasteiger partial charge on any atom is -0.479 e. The number of nitrogens with zero attached hydrogens (tertiary/aromatic N) is 1. The number of likely N-dealkylation sites (tertiary alicyclic amines) is 1. The minimum atomic E-state index is -2.03. The highest BCUT2D eigenvalue weighted by molar-refractivity contribution is 9.10. The molecule has 1 heterocycles. The number of hydrogen-bond acceptors (Lipinski definition) is 4. The predicted molar refractivity (Wildman–Crippen MR) is 77.4 cm³/mol. The second kappa shape index (κ2) is 5.81. The summed E-state index contributed by atoms with van der Waals surface area (Å²) in [6.07, 6.45) is -1.26. The van der Waals surface area contributed by atoms with Crippen molar-refractivity contribution in [1.82, 2.24) is 4.90 Å². The van der Waals surface area contributed by atoms with E-state index < -0.39 is 17.7 Å². The quantitative estimate of drug-likeness (QED) is 0.766. The topological polar surface area (TPSA) is 81.0 Å². The standard InChI is InChI=1S/C14H18BrNO4/c1-9-2-3-11(15)10(6-9)7-16-5-4-14(20,13(18)19)12(17)8-16/h2-3,6,12,17,20H,4-5,7-8H2,1H3,(H,18,19)/t12-,14+/m0/s1. The highest BCUT2D eigenvalue weighted by atomic mass is 79.9. The van der Waals surface area contributed by atoms with Crippen LogP contribution in [0.25, 0.3) is 0 Å². The van der Waals surface area contributed by atoms with Gasteiger partial charge in [-0.3, -0.25) is 4.90 Å². The van der Waals surface area contributed by atoms with Crippen LogP contribution in [0, 0.1) is 6.92 Å². The molecule has 1 aromatic rings. The maximum Gasteiger partial charge on any atom is 0.338 e. The van der Waals surface area contributed by atoms with Gasteiger partial charge in [0.1, 0.15) is 6.10 Å². The van der Waals surface area contributed by atoms with Crippen molar-refractivity contribution in [3.8, 4) is 0 Å². The smallest absolute Gasteiger partial charge is 0.338 e. The van der Waals surface area contributed by atoms with Crippen LogP contribution in [-0.4, -0.2) is 51.0 Å². The average Bonchev–Trinajstić information content (AvgIpc) is 2.38. The zero-order valence-corrected chi connectivity index (χ0v) is 12.8. The number of aryl methyl sites for hydroxylation is 1. The Balaban J connectivity index is 2.07. The molecule has 3 N–H and O–H groups in total. The van der Waals surface area contributed by atoms with Gasteiger partial charge in [-0.05, 0) is 18.6 Å². The first-order chi connectivity index (χ1) is 9.33. The van der Waals surface area contributed by atoms with Crippen LogP contribution in [0.3, 0.4) is 0 Å². The van der Waals surface area contributed by atoms with E-state index in [-0.39, 0.29) is 13.0 Å². The zero-order chi connectivity index (χ0) is 14.9. The number of aliphatic hydroxyl groups excluding tert-OH is 1. The van der Waals surface area contributed by atoms with Gasteiger partial charge >= 0.3 is 5.97 Å². The lowest BCUT2D eigenvalue weighted by atomic mass is 9.88. The van der Waals surface area contributed by atoms with Gasteiger partial charge in [0.15, 0.2) is 5.60 Å². The number of halogens is 1. The molecule has 0 saturated carbocycles. The first-order valence-electron chi connectivity index (χ1n) is 6.44. The Bertz CT molecular complexity index is 522. The molecule has 0 unspecified atom stereocenters. The molecule has 1 fully saturated rings. The number of aliphatic carboxylic acids is 1. The molecule has 1 aliphatic heterocycles. The summed E-state index contributed by atoms with van der Waals surface area (Å²) in [4.78, 5) is 13.0. The number of carbonyl (C=O) groups is 1. The number of carboxylic acid groups (broad SMARTS) is 1. The van der Waals surface area contributed by atoms with Crippen molar-refractivity contribution in [2.45, 2.75) is 31.6 Å². The first kappa shape index (κ1) is 15.4. The fraction of sp³-hybridized carbons (Fsp3) is 0.500. The Kier molecular flexibility index (Phi) is 4.49. The molecular formula is C14H18BrNO4. The molecule has 1 saturated heterocycles. The highest BCUT2D eigenvalue weighted by Crippen LogP contribution is 2.26. The number of β-amino-alcohol motifs (C(OH)–C–C–N with tert-alkyl or cyclic N) is 1. The van der Waals surface area contributed by atoms with E-state index in [1.54, 1.807) is 0 Å². The van der Waals surface area contributed by atoms with E-state index in [2.05, 4.69) is 22.0 Å². The van der Waals surface area contributed by atoms with Crippen LogP contribution in [0.5, 0.6) is 0 Å². The van der Waals surface area contributed by atoms with E-state index >= 15 is 0 Å². The summed E-state index contributed by atoms with van der Waals surface area (Å²) in [6, 6.07) is 6.02. The van der Waals surface area contributed by atoms with Gasteiger partial charge in [0.2, 0.25) is 0 Å². The molecule has 20 heavy (non-hydrogen) atoms. The highest BCUT2D eigenvalue weighted by Gasteiger charge is 2.47. The Morgan fingerprint density at radius 3 is 2.85 bits per heavy atom. The van der Waals surface area contributed by atoms with E-state index in [4.69, 9.17) is 5.11 Å². The van der Waals surface area contributed by atoms with E-state index in [1.165, 1.54) is 0 Å². The number of piperidine rings is 1. The summed E-state index contributed by atoms with van der Waals surface area (Å²) >= 11 is 3.49. The molecule has 5 nitrogen and oxygen atoms in total. The van der Waals surface area contributed by atoms with E-state index in [9.17, 15) is 15.0 Å². The molecule has 110 valence electrons. The summed E-state index contributed by atoms with van der Waals surface area (Å²) < 4.78 is 0.983. The Hall–Kier alpha value is -0.950. The summed E-state index contributed by atoms with van der Waals surface area (Å²) in [5, 5.41) is 28.8. The van der Waals surface area contributed by atoms with E-state index in [0.717, 1.165) is 15.6 Å². The van der Waals surface area contributed by atoms with Crippen LogP contribution in [0.2, 0.25) is 0 Å². The molecule has 0 bridgehead atoms. The molecule has 0 spiro atoms. The Morgan fingerprint density at radius 2 is 2.25 bits per heavy atom. The Labute approximate surface area is 126 Å². The predicted octanol–water partition coefficient (Wildman–Crippen LogP) is 1.14. The minimum absolute atomic E-state index is 0.0208. The van der Waals surface area contributed by atoms with Crippen LogP contribution in [0.4, 0.5) is 0 Å². The molecule has 0 amide bonds. The van der Waals surface area contributed by atoms with Crippen molar-refractivity contribution in [3.05, 3.63) is 33.8 Å². The lowest BCUT2D eigenvalue weighted by Gasteiger charge is -2.39. The monoisotopic (exact) mass is 343 g/mol. The van der Waals surface area contributed by atoms with Gasteiger partial charge < -0.3 is 15.3 Å². The molecule has 6 heteroatoms. The summed E-state index contributed by atoms with van der Waals surface area (Å²) in [7, 11) is 0. The Morgan fingerprint density at radius 1 is 1.55 bits per heavy atom. The summed E-state index contributed by atoms with van der Waals surface area (Å²) in [6.45, 7) is 3.18. The summed E-state index contributed by atoms with van der Waals surface area (Å²) in [5.74, 6) is -1.36. The van der Waals surface area contributed by atoms with Crippen molar-refractivity contribution in [2.24, 2.45) is 0 Å². The second-order valence-electron chi connectivity index (χ2n) is 5.33. The van der Waals surface area contributed by atoms with Crippen LogP contribution in [0.15, 0.2) is 22.7 Å². The third-order valence-electron chi connectivity index (χ3n) is 3.76. The third-order valence-corrected chi connectivity index (χ3v) is 4.53. The van der Waals surface area contributed by atoms with Crippen LogP contribution < -0.4 is 0 Å². The van der Waals surface area contributed by atoms with Crippen molar-refractivity contribution >= 4 is 21.9 Å². The average molecular weight is 344 g/mol. The molecule has 1 aliphatic rings. The van der Waals surface area contributed by atoms with Gasteiger partial charge in [0, 0.05) is 30.5 Å². The van der Waals surface area contributed by atoms with Crippen LogP contribution in [-0.2, 0) is 11.3 Å². The van der Waals surface area contributed by atoms with E-state index in [0.29, 0.717) is 13.1 Å². The lowest BCUT2D eigenvalue weighted by molar-refractivity contribution is -0.181. The second-order valence-corrected chi connectivity index (χ2v) is 6.18. The zero-order valence-electron chi connectivity index (χ0n) is 11.2. The van der Waals surface area contributed by atoms with Crippen molar-refractivity contribution in [3.63, 3.8) is 0 Å². The number of aliphatic hydroxyl groups is 2. The fourth-order valence-electron chi connectivity index (χ4n) is 2.44. The van der Waals surface area contributed by atoms with Crippen molar-refractivity contribution in [2.75, 3.05) is 13.1 Å². The largest absolute Gasteiger partial charge is 0.479 e. The molecule has 0 radical (unpaired) electrons. The maximum atomic E-state index is 11.0. The van der Waals surface area contributed by atoms with E-state index in [1.807, 2.05) is 24.0 Å². The normalized spacial score (nSPS) is 27.5. The summed E-state index contributed by atoms with van der Waals surface area (Å²) in [5.41, 5.74) is 0.195. The van der Waals surface area contributed by atoms with Gasteiger partial charge in [-0.15, -0.1) is 0 Å². The van der Waals surface area contributed by atoms with Gasteiger partial charge in [0.05, 0.1) is 0 Å². The number of hydrogen-bond donors (Lipinski definition) is 3. The first-order valence-corrected chi connectivity index (χ1v) is 7.23. The van der Waals surface area contributed by atoms with Crippen LogP contribution >= 0.6 is 15.9 Å². The fourth-order valence-corrected chi connectivity index (χ4v) is 2.81. The molecule has 0 aliphatic carbocycles. The molecule has 0 aromatic heterocycles. The van der Waals surface area contributed by atoms with Crippen molar-refractivity contribution < 1.29 is 20.1 Å². The molecular weight excluding hydrogens is 326 g/mol. The maximum absolute atomic E-state index is 11.0. The SMILES string of the molecule is Cc1ccc(Br)c(CN2CC[C@](O)(C(=O)O)[C@@H](O)C2)c1.